The number of methoxy groups -OCH3 is 1. The van der Waals surface area contributed by atoms with Crippen LogP contribution >= 0.6 is 0 Å². The maximum absolute atomic E-state index is 11.6. The van der Waals surface area contributed by atoms with Crippen LogP contribution in [0, 0.1) is 0 Å². The number of hydrogen-bond donors (Lipinski definition) is 2. The number of hydrogen-bond acceptors (Lipinski definition) is 4. The quantitative estimate of drug-likeness (QED) is 0.849. The molecule has 1 unspecified atom stereocenters. The Labute approximate surface area is 123 Å². The van der Waals surface area contributed by atoms with Gasteiger partial charge in [0.05, 0.1) is 18.7 Å². The van der Waals surface area contributed by atoms with Crippen LogP contribution in [-0.2, 0) is 11.2 Å². The molecule has 4 nitrogen and oxygen atoms in total. The van der Waals surface area contributed by atoms with Crippen LogP contribution in [0.4, 0.5) is 5.69 Å². The van der Waals surface area contributed by atoms with Crippen molar-refractivity contribution in [2.45, 2.75) is 18.9 Å². The van der Waals surface area contributed by atoms with Crippen molar-refractivity contribution in [2.24, 2.45) is 0 Å². The zero-order valence-corrected chi connectivity index (χ0v) is 11.8. The smallest absolute Gasteiger partial charge is 0.337 e. The van der Waals surface area contributed by atoms with Gasteiger partial charge in [0.25, 0.3) is 0 Å². The van der Waals surface area contributed by atoms with Gasteiger partial charge in [-0.1, -0.05) is 12.1 Å². The van der Waals surface area contributed by atoms with Gasteiger partial charge < -0.3 is 15.2 Å². The summed E-state index contributed by atoms with van der Waals surface area (Å²) in [6, 6.07) is 13.0. The Morgan fingerprint density at radius 3 is 2.95 bits per heavy atom. The minimum Gasteiger partial charge on any atom is -0.508 e. The van der Waals surface area contributed by atoms with Crippen molar-refractivity contribution in [3.8, 4) is 5.75 Å². The van der Waals surface area contributed by atoms with Crippen LogP contribution in [0.5, 0.6) is 5.75 Å². The van der Waals surface area contributed by atoms with E-state index >= 15 is 0 Å². The fourth-order valence-electron chi connectivity index (χ4n) is 2.81. The number of esters is 1. The average Bonchev–Trinajstić information content (AvgIpc) is 2.89. The first-order valence-corrected chi connectivity index (χ1v) is 6.94. The second-order valence-electron chi connectivity index (χ2n) is 5.19. The molecule has 1 aliphatic carbocycles. The lowest BCUT2D eigenvalue weighted by atomic mass is 10.1. The lowest BCUT2D eigenvalue weighted by Crippen LogP contribution is -2.08. The second kappa shape index (κ2) is 5.48. The number of rotatable bonds is 3. The number of fused-ring (bicyclic) bond motifs is 1. The van der Waals surface area contributed by atoms with Gasteiger partial charge >= 0.3 is 5.97 Å². The summed E-state index contributed by atoms with van der Waals surface area (Å²) in [5.41, 5.74) is 3.81. The lowest BCUT2D eigenvalue weighted by molar-refractivity contribution is 0.0601. The van der Waals surface area contributed by atoms with Crippen molar-refractivity contribution >= 4 is 11.7 Å². The first-order chi connectivity index (χ1) is 10.2. The number of phenolic OH excluding ortho intramolecular Hbond substituents is 1. The molecule has 0 bridgehead atoms. The fraction of sp³-hybridized carbons (Fsp3) is 0.235. The minimum atomic E-state index is -0.338. The van der Waals surface area contributed by atoms with E-state index in [9.17, 15) is 9.90 Å². The number of phenols is 1. The van der Waals surface area contributed by atoms with Gasteiger partial charge in [0.1, 0.15) is 5.75 Å². The van der Waals surface area contributed by atoms with Crippen molar-refractivity contribution in [3.05, 3.63) is 59.2 Å². The monoisotopic (exact) mass is 283 g/mol. The molecule has 2 aromatic carbocycles. The van der Waals surface area contributed by atoms with E-state index in [4.69, 9.17) is 4.74 Å². The van der Waals surface area contributed by atoms with E-state index < -0.39 is 0 Å². The molecule has 108 valence electrons. The van der Waals surface area contributed by atoms with E-state index in [-0.39, 0.29) is 12.0 Å². The molecule has 0 heterocycles. The summed E-state index contributed by atoms with van der Waals surface area (Å²) in [4.78, 5) is 11.6. The van der Waals surface area contributed by atoms with Crippen molar-refractivity contribution in [3.63, 3.8) is 0 Å². The highest BCUT2D eigenvalue weighted by molar-refractivity contribution is 5.90. The van der Waals surface area contributed by atoms with Crippen LogP contribution < -0.4 is 5.32 Å². The summed E-state index contributed by atoms with van der Waals surface area (Å²) in [7, 11) is 1.38. The van der Waals surface area contributed by atoms with Crippen LogP contribution in [-0.4, -0.2) is 18.2 Å². The Bertz CT molecular complexity index is 681. The Kier molecular flexibility index (Phi) is 3.52. The summed E-state index contributed by atoms with van der Waals surface area (Å²) in [6.07, 6.45) is 1.92. The Hall–Kier alpha value is -2.49. The van der Waals surface area contributed by atoms with Gasteiger partial charge in [-0.25, -0.2) is 4.79 Å². The van der Waals surface area contributed by atoms with Crippen molar-refractivity contribution in [1.82, 2.24) is 0 Å². The van der Waals surface area contributed by atoms with Gasteiger partial charge in [-0.2, -0.15) is 0 Å². The van der Waals surface area contributed by atoms with Crippen LogP contribution in [0.1, 0.15) is 33.9 Å². The molecule has 0 radical (unpaired) electrons. The highest BCUT2D eigenvalue weighted by Crippen LogP contribution is 2.35. The molecule has 3 rings (SSSR count). The largest absolute Gasteiger partial charge is 0.508 e. The zero-order chi connectivity index (χ0) is 14.8. The van der Waals surface area contributed by atoms with Gasteiger partial charge in [-0.05, 0) is 54.3 Å². The third kappa shape index (κ3) is 2.70. The van der Waals surface area contributed by atoms with Gasteiger partial charge in [-0.3, -0.25) is 0 Å². The topological polar surface area (TPSA) is 58.6 Å². The molecule has 1 aliphatic rings. The third-order valence-electron chi connectivity index (χ3n) is 3.83. The number of aryl methyl sites for hydroxylation is 1. The maximum atomic E-state index is 11.6. The highest BCUT2D eigenvalue weighted by atomic mass is 16.5. The lowest BCUT2D eigenvalue weighted by Gasteiger charge is -2.16. The maximum Gasteiger partial charge on any atom is 0.337 e. The molecule has 4 heteroatoms. The molecule has 0 saturated carbocycles. The molecule has 0 aromatic heterocycles. The van der Waals surface area contributed by atoms with E-state index in [2.05, 4.69) is 5.32 Å². The number of ether oxygens (including phenoxy) is 1. The summed E-state index contributed by atoms with van der Waals surface area (Å²) >= 11 is 0. The number of carbonyl (C=O) groups excluding carboxylic acids is 1. The van der Waals surface area contributed by atoms with E-state index in [1.54, 1.807) is 18.2 Å². The van der Waals surface area contributed by atoms with Crippen molar-refractivity contribution in [2.75, 3.05) is 12.4 Å². The molecule has 0 spiro atoms. The minimum absolute atomic E-state index is 0.202. The van der Waals surface area contributed by atoms with E-state index in [0.29, 0.717) is 11.3 Å². The van der Waals surface area contributed by atoms with Crippen LogP contribution in [0.25, 0.3) is 0 Å². The molecule has 0 aliphatic heterocycles. The third-order valence-corrected chi connectivity index (χ3v) is 3.83. The van der Waals surface area contributed by atoms with E-state index in [0.717, 1.165) is 18.5 Å². The molecular weight excluding hydrogens is 266 g/mol. The van der Waals surface area contributed by atoms with Gasteiger partial charge in [0, 0.05) is 5.69 Å². The highest BCUT2D eigenvalue weighted by Gasteiger charge is 2.22. The first-order valence-electron chi connectivity index (χ1n) is 6.94. The summed E-state index contributed by atoms with van der Waals surface area (Å²) in [5.74, 6) is -0.0301. The Balaban J connectivity index is 1.81. The van der Waals surface area contributed by atoms with E-state index in [1.807, 2.05) is 24.3 Å². The van der Waals surface area contributed by atoms with Crippen molar-refractivity contribution in [1.29, 1.82) is 0 Å². The second-order valence-corrected chi connectivity index (χ2v) is 5.19. The predicted molar refractivity (Wildman–Crippen MR) is 80.6 cm³/mol. The Morgan fingerprint density at radius 2 is 2.14 bits per heavy atom. The SMILES string of the molecule is COC(=O)c1cccc(NC2CCc3cc(O)ccc32)c1. The van der Waals surface area contributed by atoms with Gasteiger partial charge in [0.2, 0.25) is 0 Å². The van der Waals surface area contributed by atoms with E-state index in [1.165, 1.54) is 18.2 Å². The van der Waals surface area contributed by atoms with Crippen molar-refractivity contribution < 1.29 is 14.6 Å². The number of carbonyl (C=O) groups is 1. The molecule has 0 amide bonds. The molecule has 0 saturated heterocycles. The Morgan fingerprint density at radius 1 is 1.29 bits per heavy atom. The molecule has 0 fully saturated rings. The zero-order valence-electron chi connectivity index (χ0n) is 11.8. The molecule has 21 heavy (non-hydrogen) atoms. The number of benzene rings is 2. The average molecular weight is 283 g/mol. The first kappa shape index (κ1) is 13.5. The van der Waals surface area contributed by atoms with Crippen LogP contribution in [0.2, 0.25) is 0 Å². The normalized spacial score (nSPS) is 16.3. The molecule has 2 aromatic rings. The molecule has 1 atom stereocenters. The predicted octanol–water partition coefficient (Wildman–Crippen LogP) is 3.28. The van der Waals surface area contributed by atoms with Gasteiger partial charge in [-0.15, -0.1) is 0 Å². The van der Waals surface area contributed by atoms with Gasteiger partial charge in [0.15, 0.2) is 0 Å². The number of anilines is 1. The summed E-state index contributed by atoms with van der Waals surface area (Å²) < 4.78 is 4.74. The molecular formula is C17H17NO3. The fourth-order valence-corrected chi connectivity index (χ4v) is 2.81. The standard InChI is InChI=1S/C17H17NO3/c1-21-17(20)12-3-2-4-13(9-12)18-16-8-5-11-10-14(19)6-7-15(11)16/h2-4,6-7,9-10,16,18-19H,5,8H2,1H3. The number of aromatic hydroxyl groups is 1. The van der Waals surface area contributed by atoms with Crippen LogP contribution in [0.15, 0.2) is 42.5 Å². The summed E-state index contributed by atoms with van der Waals surface area (Å²) in [5, 5.41) is 13.0. The summed E-state index contributed by atoms with van der Waals surface area (Å²) in [6.45, 7) is 0. The number of nitrogens with one attached hydrogen (secondary N) is 1. The van der Waals surface area contributed by atoms with Crippen LogP contribution in [0.3, 0.4) is 0 Å². The molecule has 2 N–H and O–H groups in total.